The van der Waals surface area contributed by atoms with Crippen LogP contribution in [0.1, 0.15) is 10.4 Å². The molecule has 0 bridgehead atoms. The highest BCUT2D eigenvalue weighted by atomic mass is 79.9. The number of nitrogens with zero attached hydrogens (tertiary/aromatic N) is 2. The van der Waals surface area contributed by atoms with Crippen LogP contribution in [-0.2, 0) is 4.79 Å². The smallest absolute Gasteiger partial charge is 0.260 e. The van der Waals surface area contributed by atoms with Crippen LogP contribution < -0.4 is 4.74 Å². The van der Waals surface area contributed by atoms with Gasteiger partial charge < -0.3 is 19.6 Å². The van der Waals surface area contributed by atoms with E-state index in [4.69, 9.17) is 4.74 Å². The maximum Gasteiger partial charge on any atom is 0.260 e. The molecule has 0 saturated carbocycles. The Morgan fingerprint density at radius 1 is 0.900 bits per heavy atom. The van der Waals surface area contributed by atoms with Crippen LogP contribution in [0.5, 0.6) is 11.5 Å². The van der Waals surface area contributed by atoms with Crippen molar-refractivity contribution in [3.63, 3.8) is 0 Å². The first kappa shape index (κ1) is 20.2. The molecule has 1 N–H and O–H groups in total. The van der Waals surface area contributed by atoms with Gasteiger partial charge in [-0.25, -0.2) is 0 Å². The van der Waals surface area contributed by atoms with Crippen molar-refractivity contribution < 1.29 is 19.4 Å². The normalized spacial score (nSPS) is 14.0. The van der Waals surface area contributed by atoms with Crippen LogP contribution >= 0.6 is 15.9 Å². The van der Waals surface area contributed by atoms with E-state index >= 15 is 0 Å². The molecule has 4 rings (SSSR count). The standard InChI is InChI=1S/C23H21BrN2O4/c24-22-17-6-2-1-5-16(17)9-10-20(22)30-15-21(28)25-11-13-26(14-12-25)23(29)18-7-3-4-8-19(18)27/h1-10,27H,11-15H2. The number of phenols is 1. The number of rotatable bonds is 4. The molecule has 3 aromatic carbocycles. The average Bonchev–Trinajstić information content (AvgIpc) is 2.78. The maximum absolute atomic E-state index is 12.6. The maximum atomic E-state index is 12.6. The van der Waals surface area contributed by atoms with Crippen molar-refractivity contribution in [2.75, 3.05) is 32.8 Å². The molecule has 0 aromatic heterocycles. The Kier molecular flexibility index (Phi) is 5.90. The largest absolute Gasteiger partial charge is 0.507 e. The Bertz CT molecular complexity index is 1090. The predicted octanol–water partition coefficient (Wildman–Crippen LogP) is 3.67. The van der Waals surface area contributed by atoms with Crippen molar-refractivity contribution in [3.05, 3.63) is 70.7 Å². The number of benzene rings is 3. The number of piperazine rings is 1. The minimum Gasteiger partial charge on any atom is -0.507 e. The zero-order valence-electron chi connectivity index (χ0n) is 16.3. The van der Waals surface area contributed by atoms with Crippen molar-refractivity contribution in [1.82, 2.24) is 9.80 Å². The van der Waals surface area contributed by atoms with Crippen LogP contribution in [0.4, 0.5) is 0 Å². The molecular formula is C23H21BrN2O4. The van der Waals surface area contributed by atoms with E-state index in [0.717, 1.165) is 15.2 Å². The van der Waals surface area contributed by atoms with E-state index in [2.05, 4.69) is 15.9 Å². The van der Waals surface area contributed by atoms with Crippen LogP contribution in [0.15, 0.2) is 65.1 Å². The monoisotopic (exact) mass is 468 g/mol. The Morgan fingerprint density at radius 3 is 2.33 bits per heavy atom. The van der Waals surface area contributed by atoms with Crippen molar-refractivity contribution in [1.29, 1.82) is 0 Å². The lowest BCUT2D eigenvalue weighted by Gasteiger charge is -2.34. The molecule has 1 aliphatic heterocycles. The zero-order valence-corrected chi connectivity index (χ0v) is 17.8. The number of halogens is 1. The highest BCUT2D eigenvalue weighted by molar-refractivity contribution is 9.10. The predicted molar refractivity (Wildman–Crippen MR) is 118 cm³/mol. The molecule has 0 aliphatic carbocycles. The summed E-state index contributed by atoms with van der Waals surface area (Å²) in [6.45, 7) is 1.63. The molecule has 1 fully saturated rings. The summed E-state index contributed by atoms with van der Waals surface area (Å²) in [5.41, 5.74) is 0.279. The van der Waals surface area contributed by atoms with Crippen molar-refractivity contribution in [2.24, 2.45) is 0 Å². The summed E-state index contributed by atoms with van der Waals surface area (Å²) in [6.07, 6.45) is 0. The first-order valence-electron chi connectivity index (χ1n) is 9.69. The molecule has 1 saturated heterocycles. The number of hydrogen-bond donors (Lipinski definition) is 1. The van der Waals surface area contributed by atoms with Gasteiger partial charge in [0, 0.05) is 26.2 Å². The lowest BCUT2D eigenvalue weighted by molar-refractivity contribution is -0.134. The molecule has 6 nitrogen and oxygen atoms in total. The molecule has 3 aromatic rings. The van der Waals surface area contributed by atoms with Gasteiger partial charge in [0.05, 0.1) is 10.0 Å². The summed E-state index contributed by atoms with van der Waals surface area (Å²) in [6, 6.07) is 18.2. The molecule has 1 heterocycles. The molecule has 0 atom stereocenters. The number of hydrogen-bond acceptors (Lipinski definition) is 4. The number of phenolic OH excluding ortho intramolecular Hbond substituents is 1. The van der Waals surface area contributed by atoms with E-state index < -0.39 is 0 Å². The number of fused-ring (bicyclic) bond motifs is 1. The minimum atomic E-state index is -0.225. The van der Waals surface area contributed by atoms with Crippen LogP contribution in [-0.4, -0.2) is 59.5 Å². The Balaban J connectivity index is 1.33. The third-order valence-electron chi connectivity index (χ3n) is 5.23. The van der Waals surface area contributed by atoms with Gasteiger partial charge in [0.1, 0.15) is 11.5 Å². The highest BCUT2D eigenvalue weighted by Gasteiger charge is 2.26. The SMILES string of the molecule is O=C(COc1ccc2ccccc2c1Br)N1CCN(C(=O)c2ccccc2O)CC1. The lowest BCUT2D eigenvalue weighted by atomic mass is 10.1. The fraction of sp³-hybridized carbons (Fsp3) is 0.217. The molecule has 2 amide bonds. The van der Waals surface area contributed by atoms with Gasteiger partial charge in [-0.3, -0.25) is 9.59 Å². The molecule has 1 aliphatic rings. The molecular weight excluding hydrogens is 448 g/mol. The van der Waals surface area contributed by atoms with Gasteiger partial charge in [-0.15, -0.1) is 0 Å². The van der Waals surface area contributed by atoms with E-state index in [-0.39, 0.29) is 29.7 Å². The fourth-order valence-electron chi connectivity index (χ4n) is 3.54. The van der Waals surface area contributed by atoms with E-state index in [1.807, 2.05) is 36.4 Å². The molecule has 0 radical (unpaired) electrons. The summed E-state index contributed by atoms with van der Waals surface area (Å²) in [5.74, 6) is 0.243. The van der Waals surface area contributed by atoms with Gasteiger partial charge in [-0.1, -0.05) is 42.5 Å². The topological polar surface area (TPSA) is 70.1 Å². The summed E-state index contributed by atoms with van der Waals surface area (Å²) in [4.78, 5) is 28.5. The number of carbonyl (C=O) groups excluding carboxylic acids is 2. The minimum absolute atomic E-state index is 0.0321. The Labute approximate surface area is 182 Å². The van der Waals surface area contributed by atoms with E-state index in [0.29, 0.717) is 31.9 Å². The molecule has 30 heavy (non-hydrogen) atoms. The van der Waals surface area contributed by atoms with E-state index in [1.165, 1.54) is 6.07 Å². The second-order valence-corrected chi connectivity index (χ2v) is 7.87. The van der Waals surface area contributed by atoms with Gasteiger partial charge in [-0.2, -0.15) is 0 Å². The third kappa shape index (κ3) is 4.11. The number of aromatic hydroxyl groups is 1. The van der Waals surface area contributed by atoms with E-state index in [1.54, 1.807) is 28.0 Å². The highest BCUT2D eigenvalue weighted by Crippen LogP contribution is 2.33. The quantitative estimate of drug-likeness (QED) is 0.633. The molecule has 0 unspecified atom stereocenters. The number of para-hydroxylation sites is 1. The third-order valence-corrected chi connectivity index (χ3v) is 6.05. The van der Waals surface area contributed by atoms with Crippen molar-refractivity contribution in [3.8, 4) is 11.5 Å². The summed E-state index contributed by atoms with van der Waals surface area (Å²) >= 11 is 3.57. The first-order chi connectivity index (χ1) is 14.5. The van der Waals surface area contributed by atoms with E-state index in [9.17, 15) is 14.7 Å². The Hall–Kier alpha value is -3.06. The second kappa shape index (κ2) is 8.75. The van der Waals surface area contributed by atoms with Crippen LogP contribution in [0.2, 0.25) is 0 Å². The number of ether oxygens (including phenoxy) is 1. The van der Waals surface area contributed by atoms with Gasteiger partial charge >= 0.3 is 0 Å². The van der Waals surface area contributed by atoms with Gasteiger partial charge in [0.25, 0.3) is 11.8 Å². The summed E-state index contributed by atoms with van der Waals surface area (Å²) in [7, 11) is 0. The van der Waals surface area contributed by atoms with Gasteiger partial charge in [0.2, 0.25) is 0 Å². The molecule has 154 valence electrons. The van der Waals surface area contributed by atoms with Gasteiger partial charge in [0.15, 0.2) is 6.61 Å². The summed E-state index contributed by atoms with van der Waals surface area (Å²) in [5, 5.41) is 12.0. The fourth-order valence-corrected chi connectivity index (χ4v) is 4.15. The molecule has 7 heteroatoms. The number of amides is 2. The van der Waals surface area contributed by atoms with Crippen LogP contribution in [0, 0.1) is 0 Å². The molecule has 0 spiro atoms. The van der Waals surface area contributed by atoms with Crippen molar-refractivity contribution >= 4 is 38.5 Å². The van der Waals surface area contributed by atoms with Gasteiger partial charge in [-0.05, 0) is 44.9 Å². The first-order valence-corrected chi connectivity index (χ1v) is 10.5. The Morgan fingerprint density at radius 2 is 1.57 bits per heavy atom. The number of carbonyl (C=O) groups is 2. The lowest BCUT2D eigenvalue weighted by Crippen LogP contribution is -2.51. The average molecular weight is 469 g/mol. The summed E-state index contributed by atoms with van der Waals surface area (Å²) < 4.78 is 6.59. The van der Waals surface area contributed by atoms with Crippen LogP contribution in [0.25, 0.3) is 10.8 Å². The zero-order chi connectivity index (χ0) is 21.1. The van der Waals surface area contributed by atoms with Crippen LogP contribution in [0.3, 0.4) is 0 Å². The van der Waals surface area contributed by atoms with Crippen molar-refractivity contribution in [2.45, 2.75) is 0 Å². The second-order valence-electron chi connectivity index (χ2n) is 7.08.